The number of nitriles is 1. The molecule has 1 aliphatic heterocycles. The van der Waals surface area contributed by atoms with E-state index in [2.05, 4.69) is 5.10 Å². The summed E-state index contributed by atoms with van der Waals surface area (Å²) in [5, 5.41) is 13.2. The summed E-state index contributed by atoms with van der Waals surface area (Å²) in [6, 6.07) is 1.87. The molecule has 8 nitrogen and oxygen atoms in total. The molecule has 8 heteroatoms. The Kier molecular flexibility index (Phi) is 4.79. The van der Waals surface area contributed by atoms with Gasteiger partial charge in [-0.15, -0.1) is 0 Å². The molecular weight excluding hydrogens is 298 g/mol. The molecule has 0 aliphatic carbocycles. The first kappa shape index (κ1) is 16.7. The third-order valence-corrected chi connectivity index (χ3v) is 4.11. The maximum absolute atomic E-state index is 12.3. The molecule has 2 heterocycles. The zero-order valence-corrected chi connectivity index (χ0v) is 13.5. The van der Waals surface area contributed by atoms with Crippen molar-refractivity contribution in [2.75, 3.05) is 26.2 Å². The summed E-state index contributed by atoms with van der Waals surface area (Å²) < 4.78 is 1.04. The average molecular weight is 317 g/mol. The zero-order valence-electron chi connectivity index (χ0n) is 13.5. The van der Waals surface area contributed by atoms with Crippen LogP contribution in [0.3, 0.4) is 0 Å². The summed E-state index contributed by atoms with van der Waals surface area (Å²) in [7, 11) is 0. The SMILES string of the molecule is CC(=O)N1CCN(C(=O)Cn2nc(C)c(C)c(C#N)c2=O)CC1. The number of aromatic nitrogens is 2. The van der Waals surface area contributed by atoms with Crippen LogP contribution in [-0.4, -0.2) is 57.6 Å². The van der Waals surface area contributed by atoms with Gasteiger partial charge in [0.15, 0.2) is 0 Å². The molecule has 0 bridgehead atoms. The molecule has 23 heavy (non-hydrogen) atoms. The molecule has 0 spiro atoms. The van der Waals surface area contributed by atoms with Gasteiger partial charge >= 0.3 is 0 Å². The lowest BCUT2D eigenvalue weighted by atomic mass is 10.1. The highest BCUT2D eigenvalue weighted by molar-refractivity contribution is 5.77. The summed E-state index contributed by atoms with van der Waals surface area (Å²) in [5.74, 6) is -0.252. The second-order valence-electron chi connectivity index (χ2n) is 5.55. The highest BCUT2D eigenvalue weighted by Crippen LogP contribution is 2.06. The average Bonchev–Trinajstić information content (AvgIpc) is 2.53. The predicted molar refractivity (Wildman–Crippen MR) is 81.5 cm³/mol. The van der Waals surface area contributed by atoms with Crippen molar-refractivity contribution in [3.8, 4) is 6.07 Å². The van der Waals surface area contributed by atoms with Crippen molar-refractivity contribution >= 4 is 11.8 Å². The van der Waals surface area contributed by atoms with Crippen LogP contribution >= 0.6 is 0 Å². The highest BCUT2D eigenvalue weighted by atomic mass is 16.2. The Labute approximate surface area is 133 Å². The summed E-state index contributed by atoms with van der Waals surface area (Å²) in [4.78, 5) is 39.1. The van der Waals surface area contributed by atoms with E-state index in [9.17, 15) is 14.4 Å². The van der Waals surface area contributed by atoms with Crippen molar-refractivity contribution in [2.24, 2.45) is 0 Å². The van der Waals surface area contributed by atoms with E-state index in [4.69, 9.17) is 5.26 Å². The van der Waals surface area contributed by atoms with Gasteiger partial charge in [-0.2, -0.15) is 10.4 Å². The van der Waals surface area contributed by atoms with Crippen molar-refractivity contribution < 1.29 is 9.59 Å². The third kappa shape index (κ3) is 3.39. The van der Waals surface area contributed by atoms with E-state index >= 15 is 0 Å². The fraction of sp³-hybridized carbons (Fsp3) is 0.533. The van der Waals surface area contributed by atoms with E-state index in [1.165, 1.54) is 6.92 Å². The van der Waals surface area contributed by atoms with Crippen LogP contribution in [0.25, 0.3) is 0 Å². The molecule has 1 aromatic heterocycles. The molecule has 122 valence electrons. The predicted octanol–water partition coefficient (Wildman–Crippen LogP) is -0.577. The maximum Gasteiger partial charge on any atom is 0.285 e. The van der Waals surface area contributed by atoms with Crippen molar-refractivity contribution in [3.05, 3.63) is 27.2 Å². The number of aryl methyl sites for hydroxylation is 1. The van der Waals surface area contributed by atoms with Crippen molar-refractivity contribution in [2.45, 2.75) is 27.3 Å². The number of hydrogen-bond donors (Lipinski definition) is 0. The topological polar surface area (TPSA) is 99.3 Å². The van der Waals surface area contributed by atoms with Gasteiger partial charge in [0.05, 0.1) is 5.69 Å². The number of hydrogen-bond acceptors (Lipinski definition) is 5. The van der Waals surface area contributed by atoms with Gasteiger partial charge < -0.3 is 9.80 Å². The van der Waals surface area contributed by atoms with Crippen molar-refractivity contribution in [3.63, 3.8) is 0 Å². The van der Waals surface area contributed by atoms with Gasteiger partial charge in [-0.1, -0.05) is 0 Å². The molecule has 0 aromatic carbocycles. The summed E-state index contributed by atoms with van der Waals surface area (Å²) in [6.07, 6.45) is 0. The van der Waals surface area contributed by atoms with Gasteiger partial charge in [0.1, 0.15) is 18.2 Å². The molecule has 0 unspecified atom stereocenters. The lowest BCUT2D eigenvalue weighted by Gasteiger charge is -2.34. The molecule has 0 N–H and O–H groups in total. The smallest absolute Gasteiger partial charge is 0.285 e. The lowest BCUT2D eigenvalue weighted by Crippen LogP contribution is -2.51. The normalized spacial score (nSPS) is 14.5. The Hall–Kier alpha value is -2.69. The maximum atomic E-state index is 12.3. The largest absolute Gasteiger partial charge is 0.339 e. The van der Waals surface area contributed by atoms with Gasteiger partial charge in [0.2, 0.25) is 11.8 Å². The zero-order chi connectivity index (χ0) is 17.1. The Morgan fingerprint density at radius 1 is 1.17 bits per heavy atom. The van der Waals surface area contributed by atoms with Crippen LogP contribution in [0, 0.1) is 25.2 Å². The van der Waals surface area contributed by atoms with E-state index in [0.717, 1.165) is 4.68 Å². The second-order valence-corrected chi connectivity index (χ2v) is 5.55. The van der Waals surface area contributed by atoms with Crippen LogP contribution in [0.1, 0.15) is 23.7 Å². The van der Waals surface area contributed by atoms with Crippen molar-refractivity contribution in [1.29, 1.82) is 5.26 Å². The quantitative estimate of drug-likeness (QED) is 0.727. The van der Waals surface area contributed by atoms with Gasteiger partial charge in [0, 0.05) is 33.1 Å². The number of nitrogens with zero attached hydrogens (tertiary/aromatic N) is 5. The second kappa shape index (κ2) is 6.60. The number of piperazine rings is 1. The third-order valence-electron chi connectivity index (χ3n) is 4.11. The van der Waals surface area contributed by atoms with Crippen LogP contribution in [0.2, 0.25) is 0 Å². The first-order valence-corrected chi connectivity index (χ1v) is 7.37. The molecule has 0 saturated carbocycles. The van der Waals surface area contributed by atoms with E-state index in [1.807, 2.05) is 6.07 Å². The minimum atomic E-state index is -0.550. The van der Waals surface area contributed by atoms with Gasteiger partial charge in [-0.3, -0.25) is 14.4 Å². The Morgan fingerprint density at radius 2 is 1.74 bits per heavy atom. The summed E-state index contributed by atoms with van der Waals surface area (Å²) in [5.41, 5.74) is 0.560. The molecular formula is C15H19N5O3. The van der Waals surface area contributed by atoms with Crippen LogP contribution in [0.4, 0.5) is 0 Å². The molecule has 1 aromatic rings. The summed E-state index contributed by atoms with van der Waals surface area (Å²) in [6.45, 7) is 6.50. The standard InChI is InChI=1S/C15H19N5O3/c1-10-11(2)17-20(15(23)13(10)8-16)9-14(22)19-6-4-18(5-7-19)12(3)21/h4-7,9H2,1-3H3. The van der Waals surface area contributed by atoms with Gasteiger partial charge in [-0.25, -0.2) is 4.68 Å². The van der Waals surface area contributed by atoms with E-state index < -0.39 is 5.56 Å². The van der Waals surface area contributed by atoms with Gasteiger partial charge in [0.25, 0.3) is 5.56 Å². The molecule has 1 aliphatic rings. The number of rotatable bonds is 2. The van der Waals surface area contributed by atoms with E-state index in [-0.39, 0.29) is 23.9 Å². The van der Waals surface area contributed by atoms with E-state index in [1.54, 1.807) is 23.6 Å². The Bertz CT molecular complexity index is 739. The Morgan fingerprint density at radius 3 is 2.26 bits per heavy atom. The van der Waals surface area contributed by atoms with Crippen LogP contribution < -0.4 is 5.56 Å². The number of carbonyl (C=O) groups excluding carboxylic acids is 2. The first-order valence-electron chi connectivity index (χ1n) is 7.37. The van der Waals surface area contributed by atoms with Crippen LogP contribution in [0.5, 0.6) is 0 Å². The molecule has 2 amide bonds. The first-order chi connectivity index (χ1) is 10.8. The molecule has 1 fully saturated rings. The molecule has 1 saturated heterocycles. The minimum Gasteiger partial charge on any atom is -0.339 e. The van der Waals surface area contributed by atoms with Crippen LogP contribution in [0.15, 0.2) is 4.79 Å². The summed E-state index contributed by atoms with van der Waals surface area (Å²) >= 11 is 0. The monoisotopic (exact) mass is 317 g/mol. The highest BCUT2D eigenvalue weighted by Gasteiger charge is 2.23. The number of amides is 2. The number of carbonyl (C=O) groups is 2. The lowest BCUT2D eigenvalue weighted by molar-refractivity contribution is -0.139. The Balaban J connectivity index is 2.13. The fourth-order valence-electron chi connectivity index (χ4n) is 2.51. The molecule has 0 radical (unpaired) electrons. The van der Waals surface area contributed by atoms with E-state index in [0.29, 0.717) is 37.4 Å². The van der Waals surface area contributed by atoms with Crippen molar-refractivity contribution in [1.82, 2.24) is 19.6 Å². The van der Waals surface area contributed by atoms with Crippen LogP contribution in [-0.2, 0) is 16.1 Å². The minimum absolute atomic E-state index is 0.0113. The molecule has 0 atom stereocenters. The van der Waals surface area contributed by atoms with Gasteiger partial charge in [-0.05, 0) is 19.4 Å². The fourth-order valence-corrected chi connectivity index (χ4v) is 2.51. The molecule has 2 rings (SSSR count).